The van der Waals surface area contributed by atoms with Crippen LogP contribution in [0.15, 0.2) is 59.0 Å². The summed E-state index contributed by atoms with van der Waals surface area (Å²) in [6, 6.07) is 16.8. The lowest BCUT2D eigenvalue weighted by Crippen LogP contribution is -2.06. The Hall–Kier alpha value is -3.05. The fraction of sp³-hybridized carbons (Fsp3) is 0.217. The van der Waals surface area contributed by atoms with Crippen molar-refractivity contribution in [3.63, 3.8) is 0 Å². The van der Waals surface area contributed by atoms with Gasteiger partial charge in [-0.15, -0.1) is 0 Å². The van der Waals surface area contributed by atoms with Crippen molar-refractivity contribution in [2.24, 2.45) is 0 Å². The van der Waals surface area contributed by atoms with Crippen LogP contribution < -0.4 is 0 Å². The molecule has 0 aliphatic heterocycles. The Labute approximate surface area is 172 Å². The SMILES string of the molecule is O=C(O)c1ccc2c(c1)nc(-c1ccc(-c3cccc(Cl)c3)o1)n2C1CCCC1. The van der Waals surface area contributed by atoms with Crippen molar-refractivity contribution in [1.82, 2.24) is 9.55 Å². The predicted octanol–water partition coefficient (Wildman–Crippen LogP) is 6.43. The predicted molar refractivity (Wildman–Crippen MR) is 112 cm³/mol. The van der Waals surface area contributed by atoms with Gasteiger partial charge in [0.15, 0.2) is 11.6 Å². The molecule has 0 unspecified atom stereocenters. The molecule has 5 nitrogen and oxygen atoms in total. The van der Waals surface area contributed by atoms with E-state index in [1.54, 1.807) is 12.1 Å². The van der Waals surface area contributed by atoms with E-state index in [1.807, 2.05) is 42.5 Å². The third kappa shape index (κ3) is 3.21. The minimum atomic E-state index is -0.954. The van der Waals surface area contributed by atoms with Gasteiger partial charge in [0.1, 0.15) is 5.76 Å². The number of imidazole rings is 1. The fourth-order valence-corrected chi connectivity index (χ4v) is 4.38. The zero-order valence-corrected chi connectivity index (χ0v) is 16.4. The molecule has 2 heterocycles. The van der Waals surface area contributed by atoms with Crippen molar-refractivity contribution in [3.05, 3.63) is 65.2 Å². The molecule has 6 heteroatoms. The van der Waals surface area contributed by atoms with Gasteiger partial charge in [-0.2, -0.15) is 0 Å². The average molecular weight is 407 g/mol. The van der Waals surface area contributed by atoms with Gasteiger partial charge >= 0.3 is 5.97 Å². The molecule has 0 radical (unpaired) electrons. The Balaban J connectivity index is 1.65. The van der Waals surface area contributed by atoms with Crippen molar-refractivity contribution in [2.45, 2.75) is 31.7 Å². The van der Waals surface area contributed by atoms with Crippen LogP contribution in [0, 0.1) is 0 Å². The van der Waals surface area contributed by atoms with Gasteiger partial charge in [-0.05, 0) is 55.3 Å². The second-order valence-electron chi connectivity index (χ2n) is 7.43. The van der Waals surface area contributed by atoms with E-state index in [0.29, 0.717) is 22.3 Å². The standard InChI is InChI=1S/C23H19ClN2O3/c24-16-5-3-4-14(12-16)20-10-11-21(29-20)22-25-18-13-15(23(27)28)8-9-19(18)26(22)17-6-1-2-7-17/h3-5,8-13,17H,1-2,6-7H2,(H,27,28). The van der Waals surface area contributed by atoms with Crippen LogP contribution in [-0.2, 0) is 0 Å². The second kappa shape index (κ2) is 7.08. The number of halogens is 1. The normalized spacial score (nSPS) is 14.7. The van der Waals surface area contributed by atoms with Crippen molar-refractivity contribution < 1.29 is 14.3 Å². The number of furan rings is 1. The monoisotopic (exact) mass is 406 g/mol. The number of hydrogen-bond acceptors (Lipinski definition) is 3. The average Bonchev–Trinajstić information content (AvgIpc) is 3.45. The van der Waals surface area contributed by atoms with Crippen molar-refractivity contribution in [1.29, 1.82) is 0 Å². The van der Waals surface area contributed by atoms with Crippen LogP contribution in [-0.4, -0.2) is 20.6 Å². The molecule has 29 heavy (non-hydrogen) atoms. The van der Waals surface area contributed by atoms with Gasteiger partial charge in [0.25, 0.3) is 0 Å². The van der Waals surface area contributed by atoms with Gasteiger partial charge < -0.3 is 14.1 Å². The first kappa shape index (κ1) is 18.0. The van der Waals surface area contributed by atoms with E-state index in [-0.39, 0.29) is 5.56 Å². The van der Waals surface area contributed by atoms with Crippen LogP contribution in [0.4, 0.5) is 0 Å². The minimum absolute atomic E-state index is 0.235. The van der Waals surface area contributed by atoms with E-state index >= 15 is 0 Å². The molecule has 0 spiro atoms. The van der Waals surface area contributed by atoms with Crippen LogP contribution in [0.1, 0.15) is 42.1 Å². The van der Waals surface area contributed by atoms with E-state index in [0.717, 1.165) is 35.5 Å². The molecular formula is C23H19ClN2O3. The summed E-state index contributed by atoms with van der Waals surface area (Å²) >= 11 is 6.12. The minimum Gasteiger partial charge on any atom is -0.478 e. The summed E-state index contributed by atoms with van der Waals surface area (Å²) in [5, 5.41) is 9.99. The molecule has 5 rings (SSSR count). The molecule has 1 aliphatic carbocycles. The number of carboxylic acids is 1. The molecule has 0 amide bonds. The van der Waals surface area contributed by atoms with Gasteiger partial charge in [-0.1, -0.05) is 36.6 Å². The Kier molecular flexibility index (Phi) is 4.40. The molecule has 0 atom stereocenters. The van der Waals surface area contributed by atoms with Gasteiger partial charge in [0.2, 0.25) is 0 Å². The molecule has 0 bridgehead atoms. The highest BCUT2D eigenvalue weighted by molar-refractivity contribution is 6.30. The zero-order valence-electron chi connectivity index (χ0n) is 15.6. The maximum atomic E-state index is 11.4. The highest BCUT2D eigenvalue weighted by atomic mass is 35.5. The van der Waals surface area contributed by atoms with Crippen molar-refractivity contribution in [3.8, 4) is 22.9 Å². The van der Waals surface area contributed by atoms with E-state index in [2.05, 4.69) is 4.57 Å². The maximum Gasteiger partial charge on any atom is 0.335 e. The molecule has 4 aromatic rings. The summed E-state index contributed by atoms with van der Waals surface area (Å²) in [4.78, 5) is 16.2. The third-order valence-electron chi connectivity index (χ3n) is 5.56. The van der Waals surface area contributed by atoms with Crippen LogP contribution in [0.5, 0.6) is 0 Å². The maximum absolute atomic E-state index is 11.4. The molecule has 2 aromatic heterocycles. The largest absolute Gasteiger partial charge is 0.478 e. The molecule has 2 aromatic carbocycles. The van der Waals surface area contributed by atoms with Crippen LogP contribution in [0.2, 0.25) is 5.02 Å². The van der Waals surface area contributed by atoms with Crippen molar-refractivity contribution in [2.75, 3.05) is 0 Å². The molecule has 1 aliphatic rings. The number of nitrogens with zero attached hydrogens (tertiary/aromatic N) is 2. The number of aromatic carboxylic acids is 1. The molecular weight excluding hydrogens is 388 g/mol. The van der Waals surface area contributed by atoms with Crippen molar-refractivity contribution >= 4 is 28.6 Å². The lowest BCUT2D eigenvalue weighted by atomic mass is 10.2. The van der Waals surface area contributed by atoms with Crippen LogP contribution >= 0.6 is 11.6 Å². The van der Waals surface area contributed by atoms with Gasteiger partial charge in [0.05, 0.1) is 16.6 Å². The quantitative estimate of drug-likeness (QED) is 0.424. The van der Waals surface area contributed by atoms with E-state index in [4.69, 9.17) is 21.0 Å². The highest BCUT2D eigenvalue weighted by Gasteiger charge is 2.25. The molecule has 0 saturated heterocycles. The number of rotatable bonds is 4. The summed E-state index contributed by atoms with van der Waals surface area (Å²) in [5.74, 6) is 1.17. The number of fused-ring (bicyclic) bond motifs is 1. The van der Waals surface area contributed by atoms with Gasteiger partial charge in [-0.25, -0.2) is 9.78 Å². The lowest BCUT2D eigenvalue weighted by Gasteiger charge is -2.15. The Morgan fingerprint density at radius 1 is 1.07 bits per heavy atom. The Bertz CT molecular complexity index is 1220. The number of benzene rings is 2. The lowest BCUT2D eigenvalue weighted by molar-refractivity contribution is 0.0697. The fourth-order valence-electron chi connectivity index (χ4n) is 4.19. The summed E-state index contributed by atoms with van der Waals surface area (Å²) < 4.78 is 8.38. The summed E-state index contributed by atoms with van der Waals surface area (Å²) in [7, 11) is 0. The summed E-state index contributed by atoms with van der Waals surface area (Å²) in [5.41, 5.74) is 2.75. The molecule has 1 N–H and O–H groups in total. The summed E-state index contributed by atoms with van der Waals surface area (Å²) in [6.45, 7) is 0. The first-order valence-corrected chi connectivity index (χ1v) is 10.1. The number of carbonyl (C=O) groups is 1. The van der Waals surface area contributed by atoms with Gasteiger partial charge in [0, 0.05) is 16.6 Å². The van der Waals surface area contributed by atoms with Crippen LogP contribution in [0.25, 0.3) is 33.9 Å². The van der Waals surface area contributed by atoms with E-state index < -0.39 is 5.97 Å². The topological polar surface area (TPSA) is 68.3 Å². The first-order valence-electron chi connectivity index (χ1n) is 9.71. The first-order chi connectivity index (χ1) is 14.1. The smallest absolute Gasteiger partial charge is 0.335 e. The Morgan fingerprint density at radius 2 is 1.86 bits per heavy atom. The molecule has 1 fully saturated rings. The zero-order chi connectivity index (χ0) is 20.0. The van der Waals surface area contributed by atoms with Gasteiger partial charge in [-0.3, -0.25) is 0 Å². The van der Waals surface area contributed by atoms with E-state index in [9.17, 15) is 9.90 Å². The van der Waals surface area contributed by atoms with Crippen LogP contribution in [0.3, 0.4) is 0 Å². The molecule has 146 valence electrons. The number of carboxylic acid groups (broad SMARTS) is 1. The number of aromatic nitrogens is 2. The highest BCUT2D eigenvalue weighted by Crippen LogP contribution is 2.38. The molecule has 1 saturated carbocycles. The second-order valence-corrected chi connectivity index (χ2v) is 7.86. The Morgan fingerprint density at radius 3 is 2.62 bits per heavy atom. The number of hydrogen-bond donors (Lipinski definition) is 1. The summed E-state index contributed by atoms with van der Waals surface area (Å²) in [6.07, 6.45) is 4.54. The third-order valence-corrected chi connectivity index (χ3v) is 5.80. The van der Waals surface area contributed by atoms with E-state index in [1.165, 1.54) is 12.8 Å².